The largest absolute Gasteiger partial charge is 0.417 e. The van der Waals surface area contributed by atoms with E-state index in [-0.39, 0.29) is 110 Å². The summed E-state index contributed by atoms with van der Waals surface area (Å²) in [7, 11) is 1.97. The van der Waals surface area contributed by atoms with Crippen LogP contribution in [0.25, 0.3) is 21.6 Å². The molecule has 0 unspecified atom stereocenters. The number of likely N-dealkylation sites (tertiary alicyclic amines) is 1. The second kappa shape index (κ2) is 39.1. The molecule has 0 bridgehead atoms. The number of anilines is 3. The Kier molecular flexibility index (Phi) is 33.0. The normalized spacial score (nSPS) is 16.9. The maximum Gasteiger partial charge on any atom is 0.417 e. The molecule has 3 aromatic carbocycles. The summed E-state index contributed by atoms with van der Waals surface area (Å²) in [4.78, 5) is 82.7. The molecule has 26 heteroatoms. The number of aryl methyl sites for hydroxylation is 2. The van der Waals surface area contributed by atoms with Crippen molar-refractivity contribution in [2.45, 2.75) is 138 Å². The zero-order valence-corrected chi connectivity index (χ0v) is 56.2. The van der Waals surface area contributed by atoms with Crippen LogP contribution in [-0.2, 0) is 55.5 Å². The number of ether oxygens (including phenoxy) is 5. The highest BCUT2D eigenvalue weighted by atomic mass is 32.1. The van der Waals surface area contributed by atoms with Crippen molar-refractivity contribution in [3.8, 4) is 21.6 Å². The van der Waals surface area contributed by atoms with Crippen LogP contribution in [0.5, 0.6) is 0 Å². The monoisotopic (exact) mass is 1330 g/mol. The number of aromatic nitrogens is 3. The van der Waals surface area contributed by atoms with Gasteiger partial charge in [0.2, 0.25) is 17.8 Å². The van der Waals surface area contributed by atoms with E-state index in [4.69, 9.17) is 35.2 Å². The zero-order chi connectivity index (χ0) is 69.0. The standard InChI is InChI=1S/C38H57N3O10S.C25H25F5N6O.2C2H6/c1-27-36(52-26-40-27)29-8-5-28(6-9-29)7-10-34(44)33-24-31(43)25-41(33)37(46)32(38(2,3)4)23-30(42)11-13-47-15-17-49-19-21-51-22-20-50-18-16-48-14-12-35(39)45;1-13-11-36(12-14(2)35(13)3)22-8-20(27)18(15-9-32-24(31)33-10-15)7-21(22)34-23(37)17-5-4-16(26)6-19(17)25(28,29)30;2*1-2/h5-6,8-9,26,31-33,43H,7,10-25H2,1-4H3,(H2,39,45);4-10,13-14H,11-12H2,1-3H3,(H,34,37)(H2,31,32,33);2*1-2H3/t31-,32-,33+;13-,14+;;/m1.../s1. The minimum atomic E-state index is -4.96. The van der Waals surface area contributed by atoms with Gasteiger partial charge in [-0.1, -0.05) is 72.7 Å². The molecule has 0 aliphatic carbocycles. The molecule has 93 heavy (non-hydrogen) atoms. The molecule has 0 spiro atoms. The number of Topliss-reactive ketones (excluding diaryl/α,β-unsaturated/α-hetero) is 2. The van der Waals surface area contributed by atoms with Gasteiger partial charge in [0.25, 0.3) is 5.91 Å². The molecule has 2 aliphatic rings. The van der Waals surface area contributed by atoms with E-state index in [1.54, 1.807) is 11.3 Å². The molecule has 2 fully saturated rings. The fourth-order valence-corrected chi connectivity index (χ4v) is 11.0. The average Bonchev–Trinajstić information content (AvgIpc) is 1.33. The number of carbonyl (C=O) groups is 5. The smallest absolute Gasteiger partial charge is 0.391 e. The highest BCUT2D eigenvalue weighted by molar-refractivity contribution is 7.13. The number of nitrogens with one attached hydrogen (secondary N) is 1. The Hall–Kier alpha value is -6.91. The van der Waals surface area contributed by atoms with Crippen LogP contribution in [0.3, 0.4) is 0 Å². The van der Waals surface area contributed by atoms with Crippen molar-refractivity contribution in [2.24, 2.45) is 17.1 Å². The van der Waals surface area contributed by atoms with Crippen LogP contribution in [0, 0.1) is 29.9 Å². The van der Waals surface area contributed by atoms with Crippen LogP contribution in [0.1, 0.15) is 122 Å². The van der Waals surface area contributed by atoms with Gasteiger partial charge in [-0.2, -0.15) is 13.2 Å². The second-order valence-corrected chi connectivity index (χ2v) is 24.0. The Labute approximate surface area is 547 Å². The Bertz CT molecular complexity index is 3120. The number of rotatable bonds is 30. The number of benzene rings is 3. The first-order valence-electron chi connectivity index (χ1n) is 31.5. The fourth-order valence-electron chi connectivity index (χ4n) is 10.2. The van der Waals surface area contributed by atoms with Crippen molar-refractivity contribution in [3.63, 3.8) is 0 Å². The minimum absolute atomic E-state index is 0.0180. The first-order valence-corrected chi connectivity index (χ1v) is 32.3. The predicted molar refractivity (Wildman–Crippen MR) is 350 cm³/mol. The number of ketones is 2. The highest BCUT2D eigenvalue weighted by Gasteiger charge is 2.44. The molecule has 2 saturated heterocycles. The van der Waals surface area contributed by atoms with Gasteiger partial charge in [-0.15, -0.1) is 11.3 Å². The van der Waals surface area contributed by atoms with Gasteiger partial charge in [-0.3, -0.25) is 28.9 Å². The number of carbonyl (C=O) groups excluding carboxylic acids is 5. The SMILES string of the molecule is CC.CC.C[C@@H]1CN(c2cc(F)c(-c3cnc(N)nc3)cc2NC(=O)c2ccc(F)cc2C(F)(F)F)C[C@H](C)N1C.Cc1ncsc1-c1ccc(CCC(=O)[C@@H]2C[C@@H](O)CN2C(=O)[C@@H](CC(=O)CCOCCOCCOCCOCCOCCC(N)=O)C(C)(C)C)cc1. The molecule has 3 amide bonds. The minimum Gasteiger partial charge on any atom is -0.391 e. The van der Waals surface area contributed by atoms with Gasteiger partial charge in [0.15, 0.2) is 5.78 Å². The number of aliphatic hydroxyl groups is 1. The Morgan fingerprint density at radius 3 is 1.81 bits per heavy atom. The molecular weight excluding hydrogens is 1230 g/mol. The number of likely N-dealkylation sites (N-methyl/N-ethyl adjacent to an activating group) is 1. The summed E-state index contributed by atoms with van der Waals surface area (Å²) in [6.07, 6.45) is -1.78. The van der Waals surface area contributed by atoms with Crippen LogP contribution in [0.4, 0.5) is 39.3 Å². The van der Waals surface area contributed by atoms with E-state index in [0.29, 0.717) is 78.1 Å². The number of hydrogen-bond acceptors (Lipinski definition) is 18. The van der Waals surface area contributed by atoms with E-state index in [0.717, 1.165) is 33.8 Å². The van der Waals surface area contributed by atoms with Gasteiger partial charge < -0.3 is 55.4 Å². The van der Waals surface area contributed by atoms with Gasteiger partial charge in [-0.25, -0.2) is 23.7 Å². The Morgan fingerprint density at radius 2 is 1.29 bits per heavy atom. The van der Waals surface area contributed by atoms with Gasteiger partial charge in [0.1, 0.15) is 17.4 Å². The lowest BCUT2D eigenvalue weighted by molar-refractivity contribution is -0.146. The van der Waals surface area contributed by atoms with E-state index < -0.39 is 64.2 Å². The summed E-state index contributed by atoms with van der Waals surface area (Å²) in [5, 5.41) is 13.0. The van der Waals surface area contributed by atoms with Crippen LogP contribution < -0.4 is 21.7 Å². The number of nitrogens with two attached hydrogens (primary N) is 2. The lowest BCUT2D eigenvalue weighted by atomic mass is 9.76. The first kappa shape index (κ1) is 78.5. The number of aliphatic hydroxyl groups excluding tert-OH is 1. The molecule has 5 aromatic rings. The predicted octanol–water partition coefficient (Wildman–Crippen LogP) is 10.4. The summed E-state index contributed by atoms with van der Waals surface area (Å²) >= 11 is 1.59. The maximum atomic E-state index is 15.3. The Balaban J connectivity index is 0.000000394. The molecule has 514 valence electrons. The maximum absolute atomic E-state index is 15.3. The summed E-state index contributed by atoms with van der Waals surface area (Å²) in [5.74, 6) is -4.39. The molecule has 0 radical (unpaired) electrons. The fraction of sp³-hybridized carbons (Fsp3) is 0.552. The van der Waals surface area contributed by atoms with Crippen molar-refractivity contribution in [2.75, 3.05) is 109 Å². The third-order valence-corrected chi connectivity index (χ3v) is 16.4. The van der Waals surface area contributed by atoms with E-state index in [9.17, 15) is 46.6 Å². The summed E-state index contributed by atoms with van der Waals surface area (Å²) < 4.78 is 96.7. The summed E-state index contributed by atoms with van der Waals surface area (Å²) in [5.41, 5.74) is 13.4. The van der Waals surface area contributed by atoms with Crippen LogP contribution in [0.15, 0.2) is 72.5 Å². The molecule has 4 heterocycles. The van der Waals surface area contributed by atoms with Crippen molar-refractivity contribution in [3.05, 3.63) is 107 Å². The van der Waals surface area contributed by atoms with Crippen LogP contribution in [-0.4, -0.2) is 176 Å². The van der Waals surface area contributed by atoms with Crippen molar-refractivity contribution < 1.29 is 74.7 Å². The molecule has 7 rings (SSSR count). The lowest BCUT2D eigenvalue weighted by Crippen LogP contribution is -2.55. The first-order chi connectivity index (χ1) is 44.2. The van der Waals surface area contributed by atoms with Crippen molar-refractivity contribution in [1.82, 2.24) is 24.8 Å². The molecule has 5 atom stereocenters. The van der Waals surface area contributed by atoms with E-state index in [1.807, 2.05) is 111 Å². The molecule has 6 N–H and O–H groups in total. The molecule has 2 aliphatic heterocycles. The summed E-state index contributed by atoms with van der Waals surface area (Å²) in [6.45, 7) is 24.4. The Morgan fingerprint density at radius 1 is 0.742 bits per heavy atom. The molecule has 2 aromatic heterocycles. The number of primary amides is 1. The number of nitrogens with zero attached hydrogens (tertiary/aromatic N) is 6. The van der Waals surface area contributed by atoms with Crippen molar-refractivity contribution in [1.29, 1.82) is 0 Å². The number of β-amino-alcohol motifs (C(OH)–C–C–N with tert-alkyl or cyclic N) is 1. The van der Waals surface area contributed by atoms with Crippen LogP contribution in [0.2, 0.25) is 0 Å². The number of hydrogen-bond donors (Lipinski definition) is 4. The number of thiazole rings is 1. The molecular formula is C67H94F5N9O11S. The van der Waals surface area contributed by atoms with E-state index in [1.165, 1.54) is 29.4 Å². The lowest BCUT2D eigenvalue weighted by Gasteiger charge is -2.44. The number of alkyl halides is 3. The highest BCUT2D eigenvalue weighted by Crippen LogP contribution is 2.39. The number of piperazine rings is 1. The number of amides is 3. The third-order valence-electron chi connectivity index (χ3n) is 15.4. The zero-order valence-electron chi connectivity index (χ0n) is 55.4. The average molecular weight is 1330 g/mol. The van der Waals surface area contributed by atoms with E-state index in [2.05, 4.69) is 25.2 Å². The number of nitrogen functional groups attached to an aromatic ring is 1. The quantitative estimate of drug-likeness (QED) is 0.0246. The topological polar surface area (TPSA) is 264 Å². The number of halogens is 5. The van der Waals surface area contributed by atoms with Gasteiger partial charge in [0, 0.05) is 93.3 Å². The molecule has 0 saturated carbocycles. The van der Waals surface area contributed by atoms with Gasteiger partial charge in [-0.05, 0) is 81.1 Å². The van der Waals surface area contributed by atoms with Gasteiger partial charge >= 0.3 is 6.18 Å². The van der Waals surface area contributed by atoms with Gasteiger partial charge in [0.05, 0.1) is 117 Å². The summed E-state index contributed by atoms with van der Waals surface area (Å²) in [6, 6.07) is 11.9. The van der Waals surface area contributed by atoms with E-state index >= 15 is 4.39 Å². The third kappa shape index (κ3) is 25.1. The molecule has 20 nitrogen and oxygen atoms in total. The van der Waals surface area contributed by atoms with Crippen LogP contribution >= 0.6 is 11.3 Å². The second-order valence-electron chi connectivity index (χ2n) is 23.1. The van der Waals surface area contributed by atoms with Crippen molar-refractivity contribution >= 4 is 57.9 Å².